The fourth-order valence-electron chi connectivity index (χ4n) is 5.29. The Morgan fingerprint density at radius 3 is 1.43 bits per heavy atom. The normalized spacial score (nSPS) is 11.2. The van der Waals surface area contributed by atoms with Gasteiger partial charge in [-0.25, -0.2) is 0 Å². The van der Waals surface area contributed by atoms with Gasteiger partial charge in [-0.2, -0.15) is 0 Å². The van der Waals surface area contributed by atoms with Gasteiger partial charge in [0.2, 0.25) is 0 Å². The second kappa shape index (κ2) is 22.2. The lowest BCUT2D eigenvalue weighted by Gasteiger charge is -2.14. The molecule has 0 N–H and O–H groups in total. The van der Waals surface area contributed by atoms with Crippen molar-refractivity contribution in [2.75, 3.05) is 0 Å². The Bertz CT molecular complexity index is 765. The van der Waals surface area contributed by atoms with Crippen molar-refractivity contribution in [2.24, 2.45) is 0 Å². The summed E-state index contributed by atoms with van der Waals surface area (Å²) >= 11 is 0. The van der Waals surface area contributed by atoms with E-state index >= 15 is 0 Å². The van der Waals surface area contributed by atoms with E-state index in [-0.39, 0.29) is 0 Å². The van der Waals surface area contributed by atoms with E-state index in [4.69, 9.17) is 4.74 Å². The SMILES string of the molecule is CCCCCCCCCCCCc1ccc(CCCCCCCCCCCC)c(Oc2ccccc2)c1. The number of ether oxygens (including phenoxy) is 1. The van der Waals surface area contributed by atoms with E-state index in [1.165, 1.54) is 146 Å². The maximum absolute atomic E-state index is 6.39. The molecule has 0 aliphatic heterocycles. The summed E-state index contributed by atoms with van der Waals surface area (Å²) in [6.07, 6.45) is 30.0. The molecule has 2 aromatic carbocycles. The molecule has 0 aliphatic carbocycles. The molecule has 0 radical (unpaired) electrons. The third kappa shape index (κ3) is 15.9. The average molecular weight is 507 g/mol. The number of hydrogen-bond acceptors (Lipinski definition) is 1. The first-order valence-electron chi connectivity index (χ1n) is 16.2. The number of para-hydroxylation sites is 1. The largest absolute Gasteiger partial charge is 0.457 e. The zero-order chi connectivity index (χ0) is 26.2. The first-order chi connectivity index (χ1) is 18.3. The molecule has 1 heteroatoms. The molecular weight excluding hydrogens is 448 g/mol. The molecule has 0 amide bonds. The van der Waals surface area contributed by atoms with Gasteiger partial charge in [0.1, 0.15) is 11.5 Å². The molecule has 208 valence electrons. The van der Waals surface area contributed by atoms with Gasteiger partial charge in [-0.05, 0) is 55.0 Å². The predicted octanol–water partition coefficient (Wildman–Crippen LogP) is 12.4. The number of hydrogen-bond donors (Lipinski definition) is 0. The highest BCUT2D eigenvalue weighted by atomic mass is 16.5. The number of benzene rings is 2. The number of aryl methyl sites for hydroxylation is 2. The number of unbranched alkanes of at least 4 members (excludes halogenated alkanes) is 18. The van der Waals surface area contributed by atoms with Crippen LogP contribution in [0.2, 0.25) is 0 Å². The van der Waals surface area contributed by atoms with Gasteiger partial charge in [0, 0.05) is 0 Å². The van der Waals surface area contributed by atoms with Gasteiger partial charge in [-0.15, -0.1) is 0 Å². The van der Waals surface area contributed by atoms with Gasteiger partial charge in [-0.3, -0.25) is 0 Å². The van der Waals surface area contributed by atoms with E-state index in [2.05, 4.69) is 62.4 Å². The van der Waals surface area contributed by atoms with Crippen LogP contribution in [-0.4, -0.2) is 0 Å². The summed E-state index contributed by atoms with van der Waals surface area (Å²) in [5.74, 6) is 2.02. The molecule has 0 unspecified atom stereocenters. The molecule has 0 bridgehead atoms. The van der Waals surface area contributed by atoms with Crippen LogP contribution in [0.15, 0.2) is 48.5 Å². The van der Waals surface area contributed by atoms with Crippen molar-refractivity contribution >= 4 is 0 Å². The van der Waals surface area contributed by atoms with E-state index < -0.39 is 0 Å². The molecule has 37 heavy (non-hydrogen) atoms. The minimum absolute atomic E-state index is 0.947. The highest BCUT2D eigenvalue weighted by Crippen LogP contribution is 2.29. The topological polar surface area (TPSA) is 9.23 Å². The van der Waals surface area contributed by atoms with Gasteiger partial charge in [-0.1, -0.05) is 160 Å². The Morgan fingerprint density at radius 1 is 0.459 bits per heavy atom. The molecule has 2 rings (SSSR count). The first kappa shape index (κ1) is 31.5. The average Bonchev–Trinajstić information content (AvgIpc) is 2.92. The summed E-state index contributed by atoms with van der Waals surface area (Å²) in [5.41, 5.74) is 2.80. The van der Waals surface area contributed by atoms with Crippen molar-refractivity contribution in [3.05, 3.63) is 59.7 Å². The van der Waals surface area contributed by atoms with Crippen molar-refractivity contribution in [3.63, 3.8) is 0 Å². The van der Waals surface area contributed by atoms with E-state index in [0.717, 1.165) is 17.9 Å². The third-order valence-electron chi connectivity index (χ3n) is 7.72. The molecule has 0 aliphatic rings. The lowest BCUT2D eigenvalue weighted by Crippen LogP contribution is -1.96. The van der Waals surface area contributed by atoms with Crippen LogP contribution in [0.3, 0.4) is 0 Å². The van der Waals surface area contributed by atoms with Gasteiger partial charge < -0.3 is 4.74 Å². The number of rotatable bonds is 24. The summed E-state index contributed by atoms with van der Waals surface area (Å²) in [5, 5.41) is 0. The van der Waals surface area contributed by atoms with Crippen molar-refractivity contribution in [1.29, 1.82) is 0 Å². The van der Waals surface area contributed by atoms with E-state index in [0.29, 0.717) is 0 Å². The second-order valence-corrected chi connectivity index (χ2v) is 11.2. The Balaban J connectivity index is 1.71. The highest BCUT2D eigenvalue weighted by molar-refractivity contribution is 5.41. The van der Waals surface area contributed by atoms with Crippen LogP contribution in [0.4, 0.5) is 0 Å². The lowest BCUT2D eigenvalue weighted by atomic mass is 9.99. The smallest absolute Gasteiger partial charge is 0.130 e. The lowest BCUT2D eigenvalue weighted by molar-refractivity contribution is 0.473. The van der Waals surface area contributed by atoms with Crippen LogP contribution < -0.4 is 4.74 Å². The van der Waals surface area contributed by atoms with Crippen LogP contribution in [0, 0.1) is 0 Å². The van der Waals surface area contributed by atoms with Gasteiger partial charge in [0.05, 0.1) is 0 Å². The molecule has 0 heterocycles. The van der Waals surface area contributed by atoms with Crippen LogP contribution >= 0.6 is 0 Å². The van der Waals surface area contributed by atoms with Crippen molar-refractivity contribution in [1.82, 2.24) is 0 Å². The van der Waals surface area contributed by atoms with Gasteiger partial charge in [0.15, 0.2) is 0 Å². The first-order valence-corrected chi connectivity index (χ1v) is 16.2. The zero-order valence-corrected chi connectivity index (χ0v) is 24.6. The molecule has 1 nitrogen and oxygen atoms in total. The van der Waals surface area contributed by atoms with Crippen LogP contribution in [-0.2, 0) is 12.8 Å². The molecule has 0 saturated heterocycles. The zero-order valence-electron chi connectivity index (χ0n) is 24.6. The molecule has 0 atom stereocenters. The highest BCUT2D eigenvalue weighted by Gasteiger charge is 2.08. The Kier molecular flexibility index (Phi) is 18.9. The molecule has 0 saturated carbocycles. The van der Waals surface area contributed by atoms with Gasteiger partial charge in [0.25, 0.3) is 0 Å². The summed E-state index contributed by atoms with van der Waals surface area (Å²) in [7, 11) is 0. The third-order valence-corrected chi connectivity index (χ3v) is 7.72. The fourth-order valence-corrected chi connectivity index (χ4v) is 5.29. The van der Waals surface area contributed by atoms with E-state index in [9.17, 15) is 0 Å². The second-order valence-electron chi connectivity index (χ2n) is 11.2. The Hall–Kier alpha value is -1.76. The van der Waals surface area contributed by atoms with Crippen molar-refractivity contribution in [3.8, 4) is 11.5 Å². The van der Waals surface area contributed by atoms with Crippen LogP contribution in [0.25, 0.3) is 0 Å². The van der Waals surface area contributed by atoms with Crippen LogP contribution in [0.1, 0.15) is 153 Å². The summed E-state index contributed by atoms with van der Waals surface area (Å²) < 4.78 is 6.39. The molecule has 0 aromatic heterocycles. The van der Waals surface area contributed by atoms with Gasteiger partial charge >= 0.3 is 0 Å². The summed E-state index contributed by atoms with van der Waals surface area (Å²) in [4.78, 5) is 0. The minimum atomic E-state index is 0.947. The molecule has 0 fully saturated rings. The maximum atomic E-state index is 6.39. The van der Waals surface area contributed by atoms with Crippen molar-refractivity contribution < 1.29 is 4.74 Å². The van der Waals surface area contributed by atoms with Crippen molar-refractivity contribution in [2.45, 2.75) is 155 Å². The maximum Gasteiger partial charge on any atom is 0.130 e. The molecular formula is C36H58O. The monoisotopic (exact) mass is 506 g/mol. The Labute approximate surface area is 230 Å². The predicted molar refractivity (Wildman–Crippen MR) is 164 cm³/mol. The summed E-state index contributed by atoms with van der Waals surface area (Å²) in [6, 6.07) is 17.3. The summed E-state index contributed by atoms with van der Waals surface area (Å²) in [6.45, 7) is 4.59. The quantitative estimate of drug-likeness (QED) is 0.129. The standard InChI is InChI=1S/C36H58O/c1-3-5-7-9-11-13-15-17-19-22-26-33-30-31-34(36(32-33)37-35-28-24-21-25-29-35)27-23-20-18-16-14-12-10-8-6-4-2/h21,24-25,28-32H,3-20,22-23,26-27H2,1-2H3. The van der Waals surface area contributed by atoms with Crippen LogP contribution in [0.5, 0.6) is 11.5 Å². The van der Waals surface area contributed by atoms with E-state index in [1.54, 1.807) is 0 Å². The Morgan fingerprint density at radius 2 is 0.919 bits per heavy atom. The fraction of sp³-hybridized carbons (Fsp3) is 0.667. The molecule has 2 aromatic rings. The molecule has 0 spiro atoms. The van der Waals surface area contributed by atoms with E-state index in [1.807, 2.05) is 0 Å². The minimum Gasteiger partial charge on any atom is -0.457 e.